The van der Waals surface area contributed by atoms with Crippen molar-refractivity contribution in [2.75, 3.05) is 5.43 Å². The Labute approximate surface area is 167 Å². The third kappa shape index (κ3) is 3.57. The van der Waals surface area contributed by atoms with E-state index in [1.165, 1.54) is 6.92 Å². The first-order valence-electron chi connectivity index (χ1n) is 8.88. The highest BCUT2D eigenvalue weighted by Crippen LogP contribution is 2.42. The number of hydrogen-bond acceptors (Lipinski definition) is 4. The number of amides is 1. The quantitative estimate of drug-likeness (QED) is 0.630. The van der Waals surface area contributed by atoms with Crippen LogP contribution in [0.3, 0.4) is 0 Å². The first-order valence-corrected chi connectivity index (χ1v) is 9.29. The molecule has 1 saturated carbocycles. The lowest BCUT2D eigenvalue weighted by atomic mass is 10.2. The van der Waals surface area contributed by atoms with Crippen LogP contribution in [0.4, 0.5) is 13.2 Å². The molecular formula is C18H16F3N5O2S. The summed E-state index contributed by atoms with van der Waals surface area (Å²) in [6, 6.07) is 6.55. The van der Waals surface area contributed by atoms with Crippen molar-refractivity contribution in [1.82, 2.24) is 19.4 Å². The number of benzene rings is 1. The van der Waals surface area contributed by atoms with Gasteiger partial charge in [0, 0.05) is 11.6 Å². The molecule has 3 aromatic rings. The molecule has 1 atom stereocenters. The molecule has 2 N–H and O–H groups in total. The van der Waals surface area contributed by atoms with Gasteiger partial charge in [-0.15, -0.1) is 0 Å². The Morgan fingerprint density at radius 3 is 2.69 bits per heavy atom. The highest BCUT2D eigenvalue weighted by atomic mass is 32.1. The molecule has 0 aliphatic heterocycles. The number of H-pyrrole nitrogens is 1. The summed E-state index contributed by atoms with van der Waals surface area (Å²) in [4.78, 5) is 28.2. The Hall–Kier alpha value is -2.95. The van der Waals surface area contributed by atoms with Gasteiger partial charge in [0.1, 0.15) is 6.04 Å². The number of rotatable bonds is 4. The largest absolute Gasteiger partial charge is 0.435 e. The van der Waals surface area contributed by atoms with E-state index in [1.807, 2.05) is 0 Å². The van der Waals surface area contributed by atoms with Crippen molar-refractivity contribution in [2.45, 2.75) is 37.9 Å². The molecule has 0 unspecified atom stereocenters. The molecule has 1 amide bonds. The first-order chi connectivity index (χ1) is 13.7. The van der Waals surface area contributed by atoms with Crippen molar-refractivity contribution in [1.29, 1.82) is 0 Å². The van der Waals surface area contributed by atoms with Crippen molar-refractivity contribution >= 4 is 29.0 Å². The summed E-state index contributed by atoms with van der Waals surface area (Å²) in [5.41, 5.74) is 1.68. The predicted molar refractivity (Wildman–Crippen MR) is 102 cm³/mol. The van der Waals surface area contributed by atoms with Gasteiger partial charge < -0.3 is 4.98 Å². The number of fused-ring (bicyclic) bond motifs is 1. The average Bonchev–Trinajstić information content (AvgIpc) is 3.41. The van der Waals surface area contributed by atoms with Crippen LogP contribution in [0.2, 0.25) is 0 Å². The minimum absolute atomic E-state index is 0.0342. The zero-order valence-electron chi connectivity index (χ0n) is 15.2. The van der Waals surface area contributed by atoms with E-state index in [9.17, 15) is 22.8 Å². The third-order valence-corrected chi connectivity index (χ3v) is 5.11. The molecule has 2 aromatic heterocycles. The molecule has 1 fully saturated rings. The molecule has 0 bridgehead atoms. The molecule has 29 heavy (non-hydrogen) atoms. The summed E-state index contributed by atoms with van der Waals surface area (Å²) >= 11 is 5.14. The summed E-state index contributed by atoms with van der Waals surface area (Å²) in [6.07, 6.45) is -3.12. The van der Waals surface area contributed by atoms with E-state index < -0.39 is 29.4 Å². The number of nitrogens with one attached hydrogen (secondary N) is 2. The molecule has 2 heterocycles. The average molecular weight is 423 g/mol. The van der Waals surface area contributed by atoms with Crippen LogP contribution >= 0.6 is 12.2 Å². The van der Waals surface area contributed by atoms with E-state index in [-0.39, 0.29) is 10.7 Å². The number of aromatic nitrogens is 4. The van der Waals surface area contributed by atoms with Crippen LogP contribution in [0.25, 0.3) is 10.9 Å². The smallest absolute Gasteiger partial charge is 0.330 e. The first kappa shape index (κ1) is 19.4. The number of carbonyl (C=O) groups is 1. The molecule has 0 spiro atoms. The van der Waals surface area contributed by atoms with Gasteiger partial charge in [-0.05, 0) is 50.2 Å². The van der Waals surface area contributed by atoms with Gasteiger partial charge >= 0.3 is 6.18 Å². The molecule has 152 valence electrons. The molecule has 11 heteroatoms. The minimum Gasteiger partial charge on any atom is -0.330 e. The molecule has 1 aromatic carbocycles. The summed E-state index contributed by atoms with van der Waals surface area (Å²) < 4.78 is 41.2. The predicted octanol–water partition coefficient (Wildman–Crippen LogP) is 3.48. The summed E-state index contributed by atoms with van der Waals surface area (Å²) in [5.74, 6) is -0.763. The van der Waals surface area contributed by atoms with Crippen molar-refractivity contribution in [3.63, 3.8) is 0 Å². The Balaban J connectivity index is 1.68. The Bertz CT molecular complexity index is 1220. The number of halogens is 3. The van der Waals surface area contributed by atoms with Gasteiger partial charge in [0.05, 0.1) is 10.9 Å². The van der Waals surface area contributed by atoms with Crippen LogP contribution in [0.5, 0.6) is 0 Å². The highest BCUT2D eigenvalue weighted by Gasteiger charge is 2.39. The van der Waals surface area contributed by atoms with Crippen molar-refractivity contribution in [3.8, 4) is 0 Å². The van der Waals surface area contributed by atoms with Gasteiger partial charge in [-0.1, -0.05) is 12.1 Å². The molecular weight excluding hydrogens is 407 g/mol. The van der Waals surface area contributed by atoms with Crippen LogP contribution in [-0.4, -0.2) is 25.3 Å². The Morgan fingerprint density at radius 2 is 2.03 bits per heavy atom. The van der Waals surface area contributed by atoms with Crippen molar-refractivity contribution in [2.24, 2.45) is 0 Å². The van der Waals surface area contributed by atoms with E-state index in [0.717, 1.165) is 28.3 Å². The molecule has 1 aliphatic carbocycles. The number of hydrogen-bond donors (Lipinski definition) is 2. The molecule has 1 aliphatic rings. The van der Waals surface area contributed by atoms with Gasteiger partial charge in [-0.2, -0.15) is 22.9 Å². The lowest BCUT2D eigenvalue weighted by Gasteiger charge is -2.17. The fourth-order valence-electron chi connectivity index (χ4n) is 3.12. The molecule has 7 nitrogen and oxygen atoms in total. The molecule has 4 rings (SSSR count). The van der Waals surface area contributed by atoms with Gasteiger partial charge in [-0.3, -0.25) is 19.7 Å². The second-order valence-corrected chi connectivity index (χ2v) is 7.33. The van der Waals surface area contributed by atoms with Crippen LogP contribution in [0.15, 0.2) is 35.1 Å². The maximum atomic E-state index is 13.1. The fraction of sp³-hybridized carbons (Fsp3) is 0.333. The minimum atomic E-state index is -4.61. The maximum absolute atomic E-state index is 13.1. The molecule has 0 saturated heterocycles. The third-order valence-electron chi connectivity index (χ3n) is 4.82. The van der Waals surface area contributed by atoms with Gasteiger partial charge in [0.25, 0.3) is 11.5 Å². The number of nitrogens with zero attached hydrogens (tertiary/aromatic N) is 3. The lowest BCUT2D eigenvalue weighted by molar-refractivity contribution is -0.141. The lowest BCUT2D eigenvalue weighted by Crippen LogP contribution is -2.38. The number of alkyl halides is 3. The number of para-hydroxylation sites is 1. The van der Waals surface area contributed by atoms with E-state index >= 15 is 0 Å². The summed E-state index contributed by atoms with van der Waals surface area (Å²) in [6.45, 7) is 1.42. The van der Waals surface area contributed by atoms with E-state index in [0.29, 0.717) is 16.6 Å². The van der Waals surface area contributed by atoms with Crippen LogP contribution < -0.4 is 11.0 Å². The fourth-order valence-corrected chi connectivity index (χ4v) is 3.36. The van der Waals surface area contributed by atoms with Crippen molar-refractivity contribution in [3.05, 3.63) is 56.8 Å². The SMILES string of the molecule is C[C@@H](C(=O)Nn1c(=S)[nH]c2ccccc2c1=O)n1nc(C(F)(F)F)cc1C1CC1. The Kier molecular flexibility index (Phi) is 4.56. The second kappa shape index (κ2) is 6.83. The van der Waals surface area contributed by atoms with Gasteiger partial charge in [-0.25, -0.2) is 0 Å². The second-order valence-electron chi connectivity index (χ2n) is 6.94. The summed E-state index contributed by atoms with van der Waals surface area (Å²) in [5, 5.41) is 3.92. The van der Waals surface area contributed by atoms with Crippen LogP contribution in [-0.2, 0) is 11.0 Å². The number of aromatic amines is 1. The van der Waals surface area contributed by atoms with Crippen LogP contribution in [0.1, 0.15) is 43.1 Å². The standard InChI is InChI=1S/C18H16F3N5O2S/c1-9(25-13(10-6-7-10)8-14(23-25)18(19,20)21)15(27)24-26-16(28)11-4-2-3-5-12(11)22-17(26)29/h2-5,8-10H,6-7H2,1H3,(H,22,29)(H,24,27)/t9-/m0/s1. The normalized spacial score (nSPS) is 15.4. The van der Waals surface area contributed by atoms with E-state index in [2.05, 4.69) is 15.5 Å². The summed E-state index contributed by atoms with van der Waals surface area (Å²) in [7, 11) is 0. The monoisotopic (exact) mass is 423 g/mol. The van der Waals surface area contributed by atoms with Crippen LogP contribution in [0, 0.1) is 4.77 Å². The maximum Gasteiger partial charge on any atom is 0.435 e. The van der Waals surface area contributed by atoms with E-state index in [1.54, 1.807) is 24.3 Å². The van der Waals surface area contributed by atoms with Gasteiger partial charge in [0.15, 0.2) is 10.5 Å². The van der Waals surface area contributed by atoms with Crippen molar-refractivity contribution < 1.29 is 18.0 Å². The van der Waals surface area contributed by atoms with Gasteiger partial charge in [0.2, 0.25) is 0 Å². The topological polar surface area (TPSA) is 84.7 Å². The molecule has 0 radical (unpaired) electrons. The zero-order chi connectivity index (χ0) is 20.9. The van der Waals surface area contributed by atoms with E-state index in [4.69, 9.17) is 12.2 Å². The number of carbonyl (C=O) groups excluding carboxylic acids is 1. The highest BCUT2D eigenvalue weighted by molar-refractivity contribution is 7.71. The Morgan fingerprint density at radius 1 is 1.34 bits per heavy atom. The zero-order valence-corrected chi connectivity index (χ0v) is 16.0.